The van der Waals surface area contributed by atoms with Crippen LogP contribution in [0.1, 0.15) is 6.42 Å². The van der Waals surface area contributed by atoms with Gasteiger partial charge in [0.05, 0.1) is 12.8 Å². The average molecular weight is 448 g/mol. The van der Waals surface area contributed by atoms with Crippen molar-refractivity contribution in [3.63, 3.8) is 0 Å². The Balaban J connectivity index is 1.77. The van der Waals surface area contributed by atoms with Crippen LogP contribution in [-0.2, 0) is 9.59 Å². The quantitative estimate of drug-likeness (QED) is 0.767. The highest BCUT2D eigenvalue weighted by Crippen LogP contribution is 2.30. The van der Waals surface area contributed by atoms with Crippen LogP contribution < -0.4 is 10.1 Å². The number of ether oxygens (including phenoxy) is 1. The van der Waals surface area contributed by atoms with Crippen LogP contribution in [0.3, 0.4) is 0 Å². The Labute approximate surface area is 170 Å². The summed E-state index contributed by atoms with van der Waals surface area (Å²) in [6, 6.07) is 14.5. The minimum absolute atomic E-state index is 0.126. The Morgan fingerprint density at radius 1 is 1.30 bits per heavy atom. The number of hydrogen-bond donors (Lipinski definition) is 1. The molecule has 1 atom stereocenters. The van der Waals surface area contributed by atoms with Crippen molar-refractivity contribution < 1.29 is 14.3 Å². The maximum atomic E-state index is 12.6. The molecule has 1 aliphatic heterocycles. The number of hydrogen-bond acceptors (Lipinski definition) is 5. The van der Waals surface area contributed by atoms with E-state index >= 15 is 0 Å². The predicted octanol–water partition coefficient (Wildman–Crippen LogP) is 4.05. The van der Waals surface area contributed by atoms with Gasteiger partial charge in [0.2, 0.25) is 11.8 Å². The van der Waals surface area contributed by atoms with Crippen molar-refractivity contribution in [2.75, 3.05) is 19.5 Å². The molecule has 0 aromatic heterocycles. The maximum Gasteiger partial charge on any atom is 0.238 e. The van der Waals surface area contributed by atoms with Gasteiger partial charge in [-0.3, -0.25) is 14.5 Å². The molecular weight excluding hydrogens is 430 g/mol. The Hall–Kier alpha value is -2.32. The van der Waals surface area contributed by atoms with E-state index in [1.54, 1.807) is 32.4 Å². The molecule has 27 heavy (non-hydrogen) atoms. The van der Waals surface area contributed by atoms with Crippen molar-refractivity contribution in [3.8, 4) is 5.75 Å². The fourth-order valence-corrected chi connectivity index (χ4v) is 3.77. The third kappa shape index (κ3) is 4.90. The third-order valence-corrected chi connectivity index (χ3v) is 5.72. The van der Waals surface area contributed by atoms with Crippen LogP contribution in [0, 0.1) is 0 Å². The summed E-state index contributed by atoms with van der Waals surface area (Å²) in [5.41, 5.74) is 1.34. The highest BCUT2D eigenvalue weighted by Gasteiger charge is 2.34. The lowest BCUT2D eigenvalue weighted by Crippen LogP contribution is -2.43. The van der Waals surface area contributed by atoms with Crippen molar-refractivity contribution in [1.29, 1.82) is 0 Å². The number of carbonyl (C=O) groups excluding carboxylic acids is 2. The molecule has 140 valence electrons. The van der Waals surface area contributed by atoms with E-state index in [0.29, 0.717) is 22.3 Å². The van der Waals surface area contributed by atoms with E-state index in [0.717, 1.165) is 4.47 Å². The van der Waals surface area contributed by atoms with E-state index in [2.05, 4.69) is 26.2 Å². The Morgan fingerprint density at radius 3 is 2.74 bits per heavy atom. The second kappa shape index (κ2) is 8.58. The van der Waals surface area contributed by atoms with Crippen LogP contribution in [0.4, 0.5) is 11.4 Å². The summed E-state index contributed by atoms with van der Waals surface area (Å²) in [5.74, 6) is 0.310. The second-order valence-corrected chi connectivity index (χ2v) is 7.94. The molecule has 0 radical (unpaired) electrons. The van der Waals surface area contributed by atoms with E-state index in [1.165, 1.54) is 16.7 Å². The molecule has 2 aromatic rings. The third-order valence-electron chi connectivity index (χ3n) is 3.95. The van der Waals surface area contributed by atoms with Gasteiger partial charge in [0.1, 0.15) is 11.0 Å². The summed E-state index contributed by atoms with van der Waals surface area (Å²) in [5, 5.41) is 2.79. The lowest BCUT2D eigenvalue weighted by atomic mass is 10.2. The number of nitrogens with one attached hydrogen (secondary N) is 1. The molecular formula is C19H18BrN3O3S. The molecule has 1 saturated heterocycles. The van der Waals surface area contributed by atoms with E-state index in [1.807, 2.05) is 30.3 Å². The van der Waals surface area contributed by atoms with E-state index in [9.17, 15) is 9.59 Å². The van der Waals surface area contributed by atoms with Gasteiger partial charge in [-0.25, -0.2) is 4.99 Å². The number of nitrogens with zero attached hydrogens (tertiary/aromatic N) is 2. The van der Waals surface area contributed by atoms with E-state index in [-0.39, 0.29) is 18.2 Å². The van der Waals surface area contributed by atoms with Gasteiger partial charge >= 0.3 is 0 Å². The summed E-state index contributed by atoms with van der Waals surface area (Å²) in [7, 11) is 3.25. The fraction of sp³-hybridized carbons (Fsp3) is 0.211. The molecule has 0 saturated carbocycles. The topological polar surface area (TPSA) is 71.0 Å². The molecule has 0 bridgehead atoms. The van der Waals surface area contributed by atoms with Gasteiger partial charge in [-0.15, -0.1) is 0 Å². The second-order valence-electron chi connectivity index (χ2n) is 5.86. The number of amides is 2. The van der Waals surface area contributed by atoms with Crippen LogP contribution >= 0.6 is 27.7 Å². The van der Waals surface area contributed by atoms with Crippen molar-refractivity contribution in [1.82, 2.24) is 4.90 Å². The van der Waals surface area contributed by atoms with Crippen molar-refractivity contribution in [3.05, 3.63) is 53.0 Å². The summed E-state index contributed by atoms with van der Waals surface area (Å²) in [4.78, 5) is 31.0. The Morgan fingerprint density at radius 2 is 2.04 bits per heavy atom. The van der Waals surface area contributed by atoms with Crippen LogP contribution in [0.2, 0.25) is 0 Å². The monoisotopic (exact) mass is 447 g/mol. The molecule has 0 spiro atoms. The molecule has 1 heterocycles. The van der Waals surface area contributed by atoms with Gasteiger partial charge in [-0.2, -0.15) is 0 Å². The summed E-state index contributed by atoms with van der Waals surface area (Å²) >= 11 is 4.64. The largest absolute Gasteiger partial charge is 0.497 e. The van der Waals surface area contributed by atoms with Crippen LogP contribution in [0.15, 0.2) is 58.0 Å². The number of methoxy groups -OCH3 is 1. The number of thioether (sulfide) groups is 1. The Bertz CT molecular complexity index is 886. The molecule has 2 amide bonds. The van der Waals surface area contributed by atoms with Gasteiger partial charge in [-0.05, 0) is 36.4 Å². The minimum atomic E-state index is -0.540. The van der Waals surface area contributed by atoms with Gasteiger partial charge in [-0.1, -0.05) is 33.8 Å². The number of rotatable bonds is 4. The average Bonchev–Trinajstić information content (AvgIpc) is 2.67. The predicted molar refractivity (Wildman–Crippen MR) is 112 cm³/mol. The highest BCUT2D eigenvalue weighted by atomic mass is 79.9. The number of halogens is 1. The molecule has 3 rings (SSSR count). The van der Waals surface area contributed by atoms with E-state index in [4.69, 9.17) is 4.74 Å². The molecule has 1 N–H and O–H groups in total. The van der Waals surface area contributed by atoms with Crippen molar-refractivity contribution >= 4 is 56.0 Å². The fourth-order valence-electron chi connectivity index (χ4n) is 2.44. The summed E-state index contributed by atoms with van der Waals surface area (Å²) in [6.45, 7) is 0. The van der Waals surface area contributed by atoms with Crippen LogP contribution in [0.25, 0.3) is 0 Å². The molecule has 1 fully saturated rings. The zero-order valence-corrected chi connectivity index (χ0v) is 17.2. The van der Waals surface area contributed by atoms with Gasteiger partial charge in [0.25, 0.3) is 0 Å². The van der Waals surface area contributed by atoms with Crippen molar-refractivity contribution in [2.24, 2.45) is 4.99 Å². The van der Waals surface area contributed by atoms with Gasteiger partial charge in [0.15, 0.2) is 5.17 Å². The molecule has 8 heteroatoms. The number of amidine groups is 1. The smallest absolute Gasteiger partial charge is 0.238 e. The van der Waals surface area contributed by atoms with Crippen LogP contribution in [0.5, 0.6) is 5.75 Å². The first-order chi connectivity index (χ1) is 13.0. The zero-order valence-electron chi connectivity index (χ0n) is 14.8. The van der Waals surface area contributed by atoms with Gasteiger partial charge < -0.3 is 10.1 Å². The maximum absolute atomic E-state index is 12.6. The number of aliphatic imine (C=N–C) groups is 1. The summed E-state index contributed by atoms with van der Waals surface area (Å²) < 4.78 is 6.13. The molecule has 0 unspecified atom stereocenters. The normalized spacial score (nSPS) is 18.5. The van der Waals surface area contributed by atoms with Gasteiger partial charge in [0, 0.05) is 29.7 Å². The molecule has 2 aromatic carbocycles. The lowest BCUT2D eigenvalue weighted by Gasteiger charge is -2.28. The lowest BCUT2D eigenvalue weighted by molar-refractivity contribution is -0.128. The number of anilines is 1. The number of benzene rings is 2. The SMILES string of the molecule is COc1cccc(N=C2S[C@H](C(=O)Nc3ccc(Br)cc3)CC(=O)N2C)c1. The standard InChI is InChI=1S/C19H18BrN3O3S/c1-23-17(24)11-16(18(25)21-13-8-6-12(20)7-9-13)27-19(23)22-14-4-3-5-15(10-14)26-2/h3-10,16H,11H2,1-2H3,(H,21,25)/t16-/m0/s1. The molecule has 0 aliphatic carbocycles. The highest BCUT2D eigenvalue weighted by molar-refractivity contribution is 9.10. The van der Waals surface area contributed by atoms with E-state index < -0.39 is 5.25 Å². The zero-order chi connectivity index (χ0) is 19.4. The minimum Gasteiger partial charge on any atom is -0.497 e. The first-order valence-corrected chi connectivity index (χ1v) is 9.86. The number of carbonyl (C=O) groups is 2. The summed E-state index contributed by atoms with van der Waals surface area (Å²) in [6.07, 6.45) is 0.126. The van der Waals surface area contributed by atoms with Crippen LogP contribution in [-0.4, -0.2) is 41.3 Å². The first kappa shape index (κ1) is 19.4. The van der Waals surface area contributed by atoms with Crippen molar-refractivity contribution in [2.45, 2.75) is 11.7 Å². The first-order valence-electron chi connectivity index (χ1n) is 8.18. The molecule has 1 aliphatic rings. The molecule has 6 nitrogen and oxygen atoms in total. The Kier molecular flexibility index (Phi) is 6.18.